The van der Waals surface area contributed by atoms with Gasteiger partial charge in [0.05, 0.1) is 5.56 Å². The summed E-state index contributed by atoms with van der Waals surface area (Å²) in [5.74, 6) is -1.50. The lowest BCUT2D eigenvalue weighted by Crippen LogP contribution is -2.32. The molecule has 4 heteroatoms. The van der Waals surface area contributed by atoms with Crippen LogP contribution in [0.2, 0.25) is 0 Å². The second-order valence-electron chi connectivity index (χ2n) is 6.25. The van der Waals surface area contributed by atoms with E-state index in [2.05, 4.69) is 0 Å². The second kappa shape index (κ2) is 6.06. The third kappa shape index (κ3) is 2.66. The highest BCUT2D eigenvalue weighted by Gasteiger charge is 2.39. The van der Waals surface area contributed by atoms with Crippen LogP contribution in [0.25, 0.3) is 10.8 Å². The molecule has 25 heavy (non-hydrogen) atoms. The zero-order chi connectivity index (χ0) is 17.4. The Morgan fingerprint density at radius 1 is 0.920 bits per heavy atom. The molecule has 4 rings (SSSR count). The van der Waals surface area contributed by atoms with Crippen molar-refractivity contribution >= 4 is 22.6 Å². The maximum absolute atomic E-state index is 12.8. The van der Waals surface area contributed by atoms with Crippen molar-refractivity contribution < 1.29 is 14.3 Å². The summed E-state index contributed by atoms with van der Waals surface area (Å²) in [5, 5.41) is 1.80. The largest absolute Gasteiger partial charge is 0.457 e. The third-order valence-corrected chi connectivity index (χ3v) is 4.76. The first kappa shape index (κ1) is 15.4. The third-order valence-electron chi connectivity index (χ3n) is 4.76. The maximum Gasteiger partial charge on any atom is 0.339 e. The van der Waals surface area contributed by atoms with Crippen LogP contribution < -0.4 is 5.73 Å². The van der Waals surface area contributed by atoms with Gasteiger partial charge in [-0.05, 0) is 28.0 Å². The minimum Gasteiger partial charge on any atom is -0.457 e. The minimum absolute atomic E-state index is 0.430. The molecule has 2 N–H and O–H groups in total. The number of primary amides is 1. The molecule has 0 bridgehead atoms. The van der Waals surface area contributed by atoms with Gasteiger partial charge in [-0.2, -0.15) is 0 Å². The van der Waals surface area contributed by atoms with Crippen LogP contribution >= 0.6 is 0 Å². The number of nitrogens with two attached hydrogens (primary N) is 1. The Labute approximate surface area is 145 Å². The average Bonchev–Trinajstić information content (AvgIpc) is 2.99. The van der Waals surface area contributed by atoms with Gasteiger partial charge in [0, 0.05) is 6.42 Å². The number of esters is 1. The van der Waals surface area contributed by atoms with E-state index in [0.29, 0.717) is 12.0 Å². The highest BCUT2D eigenvalue weighted by Crippen LogP contribution is 2.35. The molecule has 0 fully saturated rings. The standard InChI is InChI=1S/C21H17NO3/c22-20(23)19-16-10-4-2-7-14(16)12-18(19)25-21(24)17-11-5-8-13-6-1-3-9-15(13)17/h1-11,18-19H,12H2,(H2,22,23). The summed E-state index contributed by atoms with van der Waals surface area (Å²) in [6.07, 6.45) is -0.0679. The van der Waals surface area contributed by atoms with Gasteiger partial charge in [-0.25, -0.2) is 4.79 Å². The number of carbonyl (C=O) groups excluding carboxylic acids is 2. The number of amides is 1. The molecule has 0 heterocycles. The summed E-state index contributed by atoms with van der Waals surface area (Å²) in [4.78, 5) is 24.7. The predicted octanol–water partition coefficient (Wildman–Crippen LogP) is 3.19. The molecule has 3 aromatic rings. The lowest BCUT2D eigenvalue weighted by Gasteiger charge is -2.18. The number of benzene rings is 3. The molecule has 0 aliphatic heterocycles. The Balaban J connectivity index is 1.66. The van der Waals surface area contributed by atoms with Gasteiger partial charge in [-0.3, -0.25) is 4.79 Å². The Kier molecular flexibility index (Phi) is 3.73. The Hall–Kier alpha value is -3.14. The van der Waals surface area contributed by atoms with E-state index >= 15 is 0 Å². The quantitative estimate of drug-likeness (QED) is 0.749. The lowest BCUT2D eigenvalue weighted by atomic mass is 9.99. The molecule has 2 unspecified atom stereocenters. The van der Waals surface area contributed by atoms with Crippen LogP contribution in [-0.4, -0.2) is 18.0 Å². The molecule has 3 aromatic carbocycles. The van der Waals surface area contributed by atoms with Crippen LogP contribution in [-0.2, 0) is 16.0 Å². The molecule has 0 saturated carbocycles. The van der Waals surface area contributed by atoms with Crippen molar-refractivity contribution in [3.63, 3.8) is 0 Å². The van der Waals surface area contributed by atoms with Crippen molar-refractivity contribution in [3.05, 3.63) is 83.4 Å². The first-order valence-electron chi connectivity index (χ1n) is 8.21. The molecule has 1 amide bonds. The summed E-state index contributed by atoms with van der Waals surface area (Å²) in [6, 6.07) is 20.8. The maximum atomic E-state index is 12.8. The molecular formula is C21H17NO3. The van der Waals surface area contributed by atoms with Crippen LogP contribution in [0.5, 0.6) is 0 Å². The smallest absolute Gasteiger partial charge is 0.339 e. The monoisotopic (exact) mass is 331 g/mol. The van der Waals surface area contributed by atoms with E-state index in [1.807, 2.05) is 60.7 Å². The van der Waals surface area contributed by atoms with Gasteiger partial charge in [0.25, 0.3) is 0 Å². The van der Waals surface area contributed by atoms with E-state index in [9.17, 15) is 9.59 Å². The Bertz CT molecular complexity index is 974. The summed E-state index contributed by atoms with van der Waals surface area (Å²) >= 11 is 0. The predicted molar refractivity (Wildman–Crippen MR) is 95.2 cm³/mol. The molecule has 0 spiro atoms. The second-order valence-corrected chi connectivity index (χ2v) is 6.25. The van der Waals surface area contributed by atoms with Crippen molar-refractivity contribution in [2.24, 2.45) is 5.73 Å². The van der Waals surface area contributed by atoms with E-state index in [-0.39, 0.29) is 0 Å². The Morgan fingerprint density at radius 2 is 1.64 bits per heavy atom. The first-order chi connectivity index (χ1) is 12.1. The highest BCUT2D eigenvalue weighted by molar-refractivity contribution is 6.04. The van der Waals surface area contributed by atoms with Crippen LogP contribution in [0.1, 0.15) is 27.4 Å². The van der Waals surface area contributed by atoms with Crippen LogP contribution in [0.3, 0.4) is 0 Å². The number of rotatable bonds is 3. The molecular weight excluding hydrogens is 314 g/mol. The normalized spacial score (nSPS) is 18.7. The van der Waals surface area contributed by atoms with Crippen molar-refractivity contribution in [2.45, 2.75) is 18.4 Å². The molecule has 0 aromatic heterocycles. The zero-order valence-corrected chi connectivity index (χ0v) is 13.5. The summed E-state index contributed by atoms with van der Waals surface area (Å²) in [5.41, 5.74) is 7.93. The van der Waals surface area contributed by atoms with Gasteiger partial charge in [0.1, 0.15) is 12.0 Å². The molecule has 0 radical (unpaired) electrons. The molecule has 124 valence electrons. The zero-order valence-electron chi connectivity index (χ0n) is 13.5. The van der Waals surface area contributed by atoms with Crippen molar-refractivity contribution in [1.29, 1.82) is 0 Å². The Morgan fingerprint density at radius 3 is 2.48 bits per heavy atom. The lowest BCUT2D eigenvalue weighted by molar-refractivity contribution is -0.121. The summed E-state index contributed by atoms with van der Waals surface area (Å²) in [7, 11) is 0. The summed E-state index contributed by atoms with van der Waals surface area (Å²) in [6.45, 7) is 0. The highest BCUT2D eigenvalue weighted by atomic mass is 16.5. The van der Waals surface area contributed by atoms with E-state index in [1.165, 1.54) is 0 Å². The summed E-state index contributed by atoms with van der Waals surface area (Å²) < 4.78 is 5.72. The first-order valence-corrected chi connectivity index (χ1v) is 8.21. The van der Waals surface area contributed by atoms with Gasteiger partial charge in [-0.1, -0.05) is 60.7 Å². The number of hydrogen-bond acceptors (Lipinski definition) is 3. The molecule has 0 saturated heterocycles. The van der Waals surface area contributed by atoms with Gasteiger partial charge in [0.15, 0.2) is 0 Å². The average molecular weight is 331 g/mol. The van der Waals surface area contributed by atoms with Crippen molar-refractivity contribution in [3.8, 4) is 0 Å². The SMILES string of the molecule is NC(=O)C1c2ccccc2CC1OC(=O)c1cccc2ccccc12. The topological polar surface area (TPSA) is 69.4 Å². The minimum atomic E-state index is -0.602. The number of fused-ring (bicyclic) bond motifs is 2. The van der Waals surface area contributed by atoms with Gasteiger partial charge < -0.3 is 10.5 Å². The fourth-order valence-corrected chi connectivity index (χ4v) is 3.61. The fraction of sp³-hybridized carbons (Fsp3) is 0.143. The van der Waals surface area contributed by atoms with Crippen LogP contribution in [0, 0.1) is 0 Å². The van der Waals surface area contributed by atoms with Crippen molar-refractivity contribution in [2.75, 3.05) is 0 Å². The fourth-order valence-electron chi connectivity index (χ4n) is 3.61. The van der Waals surface area contributed by atoms with Gasteiger partial charge >= 0.3 is 5.97 Å². The number of ether oxygens (including phenoxy) is 1. The van der Waals surface area contributed by atoms with Gasteiger partial charge in [0.2, 0.25) is 5.91 Å². The van der Waals surface area contributed by atoms with Crippen LogP contribution in [0.15, 0.2) is 66.7 Å². The van der Waals surface area contributed by atoms with Crippen molar-refractivity contribution in [1.82, 2.24) is 0 Å². The number of hydrogen-bond donors (Lipinski definition) is 1. The van der Waals surface area contributed by atoms with E-state index < -0.39 is 23.9 Å². The molecule has 2 atom stereocenters. The molecule has 1 aliphatic rings. The van der Waals surface area contributed by atoms with E-state index in [0.717, 1.165) is 21.9 Å². The van der Waals surface area contributed by atoms with E-state index in [1.54, 1.807) is 6.07 Å². The van der Waals surface area contributed by atoms with Crippen LogP contribution in [0.4, 0.5) is 0 Å². The number of carbonyl (C=O) groups is 2. The molecule has 1 aliphatic carbocycles. The molecule has 4 nitrogen and oxygen atoms in total. The van der Waals surface area contributed by atoms with E-state index in [4.69, 9.17) is 10.5 Å². The van der Waals surface area contributed by atoms with Gasteiger partial charge in [-0.15, -0.1) is 0 Å².